The van der Waals surface area contributed by atoms with Gasteiger partial charge in [-0.05, 0) is 30.7 Å². The number of nitrogens with zero attached hydrogens (tertiary/aromatic N) is 3. The number of hydrogen-bond donors (Lipinski definition) is 0. The lowest BCUT2D eigenvalue weighted by atomic mass is 9.86. The van der Waals surface area contributed by atoms with E-state index in [4.69, 9.17) is 4.74 Å². The molecule has 0 N–H and O–H groups in total. The Labute approximate surface area is 171 Å². The number of carbonyl (C=O) groups is 1. The van der Waals surface area contributed by atoms with Crippen molar-refractivity contribution < 1.29 is 9.53 Å². The van der Waals surface area contributed by atoms with Crippen molar-refractivity contribution in [1.82, 2.24) is 14.8 Å². The van der Waals surface area contributed by atoms with Crippen LogP contribution >= 0.6 is 11.8 Å². The van der Waals surface area contributed by atoms with E-state index in [0.29, 0.717) is 6.04 Å². The van der Waals surface area contributed by atoms with E-state index < -0.39 is 0 Å². The van der Waals surface area contributed by atoms with Gasteiger partial charge in [0.05, 0.1) is 0 Å². The number of thioether (sulfide) groups is 1. The van der Waals surface area contributed by atoms with Crippen molar-refractivity contribution in [3.05, 3.63) is 29.8 Å². The lowest BCUT2D eigenvalue weighted by molar-refractivity contribution is -0.140. The summed E-state index contributed by atoms with van der Waals surface area (Å²) < 4.78 is 7.61. The van der Waals surface area contributed by atoms with Gasteiger partial charge in [-0.1, -0.05) is 69.6 Å². The SMILES string of the molecule is C[C@@H]1C[C@@H](Sc2nnc(-c3ccc(C(C)(C)C)cc3)n2C2CCCC2)C(=O)O1. The molecule has 0 amide bonds. The van der Waals surface area contributed by atoms with Gasteiger partial charge < -0.3 is 4.74 Å². The normalized spacial score (nSPS) is 23.4. The smallest absolute Gasteiger partial charge is 0.319 e. The molecule has 2 heterocycles. The number of rotatable bonds is 4. The second-order valence-electron chi connectivity index (χ2n) is 9.03. The summed E-state index contributed by atoms with van der Waals surface area (Å²) in [6, 6.07) is 9.08. The van der Waals surface area contributed by atoms with Gasteiger partial charge in [-0.3, -0.25) is 9.36 Å². The van der Waals surface area contributed by atoms with Crippen molar-refractivity contribution in [1.29, 1.82) is 0 Å². The van der Waals surface area contributed by atoms with Crippen LogP contribution in [0.2, 0.25) is 0 Å². The highest BCUT2D eigenvalue weighted by atomic mass is 32.2. The van der Waals surface area contributed by atoms with Crippen LogP contribution in [0.4, 0.5) is 0 Å². The highest BCUT2D eigenvalue weighted by Gasteiger charge is 2.35. The summed E-state index contributed by atoms with van der Waals surface area (Å²) in [5.74, 6) is 0.781. The molecule has 1 aliphatic carbocycles. The average molecular weight is 400 g/mol. The van der Waals surface area contributed by atoms with E-state index in [1.807, 2.05) is 6.92 Å². The van der Waals surface area contributed by atoms with Crippen LogP contribution in [0.3, 0.4) is 0 Å². The Kier molecular flexibility index (Phi) is 5.25. The van der Waals surface area contributed by atoms with Gasteiger partial charge >= 0.3 is 5.97 Å². The Bertz CT molecular complexity index is 848. The van der Waals surface area contributed by atoms with Gasteiger partial charge in [0, 0.05) is 18.0 Å². The van der Waals surface area contributed by atoms with Crippen LogP contribution in [0.25, 0.3) is 11.4 Å². The molecule has 0 unspecified atom stereocenters. The summed E-state index contributed by atoms with van der Waals surface area (Å²) in [6.07, 6.45) is 5.47. The Morgan fingerprint density at radius 1 is 1.11 bits per heavy atom. The van der Waals surface area contributed by atoms with Crippen LogP contribution in [-0.2, 0) is 14.9 Å². The van der Waals surface area contributed by atoms with Crippen molar-refractivity contribution >= 4 is 17.7 Å². The van der Waals surface area contributed by atoms with Crippen LogP contribution in [0, 0.1) is 0 Å². The zero-order chi connectivity index (χ0) is 19.9. The molecule has 28 heavy (non-hydrogen) atoms. The van der Waals surface area contributed by atoms with Crippen molar-refractivity contribution in [3.63, 3.8) is 0 Å². The first-order chi connectivity index (χ1) is 13.3. The lowest BCUT2D eigenvalue weighted by Crippen LogP contribution is -2.14. The monoisotopic (exact) mass is 399 g/mol. The summed E-state index contributed by atoms with van der Waals surface area (Å²) in [7, 11) is 0. The predicted molar refractivity (Wildman–Crippen MR) is 111 cm³/mol. The topological polar surface area (TPSA) is 57.0 Å². The molecule has 2 atom stereocenters. The third kappa shape index (κ3) is 3.84. The van der Waals surface area contributed by atoms with Crippen LogP contribution in [0.1, 0.15) is 71.4 Å². The van der Waals surface area contributed by atoms with Crippen molar-refractivity contribution in [3.8, 4) is 11.4 Å². The number of carbonyl (C=O) groups excluding carboxylic acids is 1. The first-order valence-corrected chi connectivity index (χ1v) is 11.1. The molecule has 0 bridgehead atoms. The van der Waals surface area contributed by atoms with Gasteiger partial charge in [-0.2, -0.15) is 0 Å². The lowest BCUT2D eigenvalue weighted by Gasteiger charge is -2.20. The number of cyclic esters (lactones) is 1. The highest BCUT2D eigenvalue weighted by Crippen LogP contribution is 2.39. The van der Waals surface area contributed by atoms with Gasteiger partial charge in [-0.15, -0.1) is 10.2 Å². The summed E-state index contributed by atoms with van der Waals surface area (Å²) in [4.78, 5) is 12.1. The summed E-state index contributed by atoms with van der Waals surface area (Å²) in [5.41, 5.74) is 2.51. The molecule has 0 spiro atoms. The molecule has 150 valence electrons. The molecule has 1 aromatic heterocycles. The average Bonchev–Trinajstić information content (AvgIpc) is 3.35. The van der Waals surface area contributed by atoms with Crippen molar-refractivity contribution in [2.24, 2.45) is 0 Å². The van der Waals surface area contributed by atoms with Gasteiger partial charge in [0.15, 0.2) is 11.0 Å². The van der Waals surface area contributed by atoms with E-state index in [2.05, 4.69) is 59.8 Å². The van der Waals surface area contributed by atoms with Gasteiger partial charge in [0.25, 0.3) is 0 Å². The summed E-state index contributed by atoms with van der Waals surface area (Å²) in [5, 5.41) is 9.71. The second kappa shape index (κ2) is 7.54. The minimum absolute atomic E-state index is 0.0164. The number of benzene rings is 1. The molecule has 1 aliphatic heterocycles. The quantitative estimate of drug-likeness (QED) is 0.665. The van der Waals surface area contributed by atoms with Crippen LogP contribution < -0.4 is 0 Å². The Hall–Kier alpha value is -1.82. The first-order valence-electron chi connectivity index (χ1n) is 10.3. The third-order valence-electron chi connectivity index (χ3n) is 5.74. The summed E-state index contributed by atoms with van der Waals surface area (Å²) >= 11 is 1.51. The highest BCUT2D eigenvalue weighted by molar-refractivity contribution is 8.00. The zero-order valence-electron chi connectivity index (χ0n) is 17.1. The third-order valence-corrected chi connectivity index (χ3v) is 6.90. The molecule has 5 nitrogen and oxygen atoms in total. The molecular weight excluding hydrogens is 370 g/mol. The summed E-state index contributed by atoms with van der Waals surface area (Å²) in [6.45, 7) is 8.61. The van der Waals surface area contributed by atoms with Crippen LogP contribution in [-0.4, -0.2) is 32.1 Å². The molecule has 2 aliphatic rings. The van der Waals surface area contributed by atoms with Crippen molar-refractivity contribution in [2.45, 2.75) is 87.8 Å². The predicted octanol–water partition coefficient (Wildman–Crippen LogP) is 5.15. The maximum atomic E-state index is 12.1. The van der Waals surface area contributed by atoms with E-state index in [1.165, 1.54) is 30.2 Å². The molecule has 1 aromatic carbocycles. The van der Waals surface area contributed by atoms with Gasteiger partial charge in [0.1, 0.15) is 11.4 Å². The van der Waals surface area contributed by atoms with Gasteiger partial charge in [0.2, 0.25) is 0 Å². The molecule has 4 rings (SSSR count). The minimum atomic E-state index is -0.185. The van der Waals surface area contributed by atoms with Crippen LogP contribution in [0.5, 0.6) is 0 Å². The van der Waals surface area contributed by atoms with E-state index in [9.17, 15) is 4.79 Å². The van der Waals surface area contributed by atoms with E-state index in [0.717, 1.165) is 35.8 Å². The number of ether oxygens (including phenoxy) is 1. The second-order valence-corrected chi connectivity index (χ2v) is 10.2. The van der Waals surface area contributed by atoms with E-state index >= 15 is 0 Å². The molecular formula is C22H29N3O2S. The zero-order valence-corrected chi connectivity index (χ0v) is 18.0. The minimum Gasteiger partial charge on any atom is -0.462 e. The fourth-order valence-corrected chi connectivity index (χ4v) is 5.32. The molecule has 1 saturated heterocycles. The van der Waals surface area contributed by atoms with E-state index in [-0.39, 0.29) is 22.7 Å². The Morgan fingerprint density at radius 2 is 1.79 bits per heavy atom. The fraction of sp³-hybridized carbons (Fsp3) is 0.591. The van der Waals surface area contributed by atoms with Crippen LogP contribution in [0.15, 0.2) is 29.4 Å². The Balaban J connectivity index is 1.67. The maximum Gasteiger partial charge on any atom is 0.319 e. The first kappa shape index (κ1) is 19.5. The fourth-order valence-electron chi connectivity index (χ4n) is 4.11. The molecule has 0 radical (unpaired) electrons. The van der Waals surface area contributed by atoms with Crippen molar-refractivity contribution in [2.75, 3.05) is 0 Å². The van der Waals surface area contributed by atoms with Gasteiger partial charge in [-0.25, -0.2) is 0 Å². The molecule has 2 fully saturated rings. The van der Waals surface area contributed by atoms with E-state index in [1.54, 1.807) is 0 Å². The molecule has 1 saturated carbocycles. The number of hydrogen-bond acceptors (Lipinski definition) is 5. The number of esters is 1. The molecule has 2 aromatic rings. The molecule has 6 heteroatoms. The standard InChI is InChI=1S/C22H29N3O2S/c1-14-13-18(20(26)27-14)28-21-24-23-19(25(21)17-7-5-6-8-17)15-9-11-16(12-10-15)22(2,3)4/h9-12,14,17-18H,5-8,13H2,1-4H3/t14-,18-/m1/s1. The largest absolute Gasteiger partial charge is 0.462 e. The Morgan fingerprint density at radius 3 is 2.36 bits per heavy atom. The maximum absolute atomic E-state index is 12.1. The number of aromatic nitrogens is 3.